The highest BCUT2D eigenvalue weighted by molar-refractivity contribution is 7.99. The average molecular weight is 479 g/mol. The van der Waals surface area contributed by atoms with Crippen molar-refractivity contribution in [2.45, 2.75) is 45.5 Å². The van der Waals surface area contributed by atoms with E-state index >= 15 is 0 Å². The van der Waals surface area contributed by atoms with E-state index in [1.807, 2.05) is 44.4 Å². The fourth-order valence-electron chi connectivity index (χ4n) is 3.10. The first kappa shape index (κ1) is 23.4. The number of carbonyl (C=O) groups is 1. The summed E-state index contributed by atoms with van der Waals surface area (Å²) in [5.74, 6) is 1.52. The number of amides is 1. The second-order valence-electron chi connectivity index (χ2n) is 7.06. The minimum Gasteiger partial charge on any atom is -0.483 e. The van der Waals surface area contributed by atoms with E-state index in [9.17, 15) is 4.79 Å². The normalized spacial score (nSPS) is 11.9. The van der Waals surface area contributed by atoms with Crippen molar-refractivity contribution < 1.29 is 9.53 Å². The Morgan fingerprint density at radius 3 is 2.42 bits per heavy atom. The van der Waals surface area contributed by atoms with Gasteiger partial charge in [-0.05, 0) is 75.2 Å². The first-order chi connectivity index (χ1) is 14.8. The second kappa shape index (κ2) is 10.4. The molecule has 2 aromatic carbocycles. The molecule has 164 valence electrons. The van der Waals surface area contributed by atoms with E-state index in [1.54, 1.807) is 24.3 Å². The van der Waals surface area contributed by atoms with Gasteiger partial charge < -0.3 is 14.6 Å². The molecule has 0 saturated heterocycles. The molecule has 0 spiro atoms. The molecule has 9 heteroatoms. The standard InChI is InChI=1S/C22H24Cl2N4O2S/c1-5-28-21(15(4)30-18-10-13(2)20(24)14(3)11-18)26-27-22(28)31-12-19(29)25-17-8-6-16(23)7-9-17/h6-11,15H,5,12H2,1-4H3,(H,25,29). The lowest BCUT2D eigenvalue weighted by atomic mass is 10.1. The number of nitrogens with zero attached hydrogens (tertiary/aromatic N) is 3. The highest BCUT2D eigenvalue weighted by Crippen LogP contribution is 2.29. The zero-order chi connectivity index (χ0) is 22.5. The molecule has 0 aliphatic heterocycles. The molecule has 1 aromatic heterocycles. The molecule has 1 amide bonds. The molecule has 0 bridgehead atoms. The maximum Gasteiger partial charge on any atom is 0.234 e. The zero-order valence-corrected chi connectivity index (χ0v) is 20.1. The van der Waals surface area contributed by atoms with Gasteiger partial charge in [-0.15, -0.1) is 10.2 Å². The summed E-state index contributed by atoms with van der Waals surface area (Å²) in [7, 11) is 0. The Morgan fingerprint density at radius 2 is 1.81 bits per heavy atom. The summed E-state index contributed by atoms with van der Waals surface area (Å²) in [5.41, 5.74) is 2.62. The third-order valence-electron chi connectivity index (χ3n) is 4.61. The van der Waals surface area contributed by atoms with Gasteiger partial charge in [-0.1, -0.05) is 35.0 Å². The first-order valence-electron chi connectivity index (χ1n) is 9.83. The van der Waals surface area contributed by atoms with Crippen LogP contribution in [-0.4, -0.2) is 26.4 Å². The summed E-state index contributed by atoms with van der Waals surface area (Å²) in [6.45, 7) is 8.50. The number of aromatic nitrogens is 3. The van der Waals surface area contributed by atoms with Crippen LogP contribution in [0.1, 0.15) is 36.9 Å². The van der Waals surface area contributed by atoms with Gasteiger partial charge in [0.15, 0.2) is 17.1 Å². The summed E-state index contributed by atoms with van der Waals surface area (Å²) in [6.07, 6.45) is -0.315. The van der Waals surface area contributed by atoms with Crippen LogP contribution in [-0.2, 0) is 11.3 Å². The van der Waals surface area contributed by atoms with Gasteiger partial charge in [0.25, 0.3) is 0 Å². The van der Waals surface area contributed by atoms with Crippen LogP contribution in [0.4, 0.5) is 5.69 Å². The number of benzene rings is 2. The van der Waals surface area contributed by atoms with Gasteiger partial charge in [0.05, 0.1) is 5.75 Å². The maximum absolute atomic E-state index is 12.3. The van der Waals surface area contributed by atoms with Gasteiger partial charge in [0, 0.05) is 22.3 Å². The van der Waals surface area contributed by atoms with E-state index in [1.165, 1.54) is 11.8 Å². The predicted octanol–water partition coefficient (Wildman–Crippen LogP) is 6.09. The fourth-order valence-corrected chi connectivity index (χ4v) is 4.14. The van der Waals surface area contributed by atoms with Crippen LogP contribution < -0.4 is 10.1 Å². The molecule has 6 nitrogen and oxygen atoms in total. The van der Waals surface area contributed by atoms with Crippen molar-refractivity contribution in [3.8, 4) is 5.75 Å². The molecule has 1 atom stereocenters. The smallest absolute Gasteiger partial charge is 0.234 e. The summed E-state index contributed by atoms with van der Waals surface area (Å²) in [6, 6.07) is 10.8. The highest BCUT2D eigenvalue weighted by Gasteiger charge is 2.20. The topological polar surface area (TPSA) is 69.0 Å². The summed E-state index contributed by atoms with van der Waals surface area (Å²) >= 11 is 13.5. The SMILES string of the molecule is CCn1c(SCC(=O)Nc2ccc(Cl)cc2)nnc1C(C)Oc1cc(C)c(Cl)c(C)c1. The minimum absolute atomic E-state index is 0.129. The van der Waals surface area contributed by atoms with Crippen molar-refractivity contribution in [1.29, 1.82) is 0 Å². The van der Waals surface area contributed by atoms with Gasteiger partial charge in [-0.3, -0.25) is 4.79 Å². The van der Waals surface area contributed by atoms with Crippen LogP contribution in [0.3, 0.4) is 0 Å². The number of ether oxygens (including phenoxy) is 1. The molecule has 1 heterocycles. The molecule has 0 aliphatic rings. The van der Waals surface area contributed by atoms with Crippen molar-refractivity contribution >= 4 is 46.6 Å². The first-order valence-corrected chi connectivity index (χ1v) is 11.6. The van der Waals surface area contributed by atoms with Crippen molar-refractivity contribution in [3.63, 3.8) is 0 Å². The number of nitrogens with one attached hydrogen (secondary N) is 1. The third kappa shape index (κ3) is 5.93. The molecule has 0 fully saturated rings. The molecular weight excluding hydrogens is 455 g/mol. The van der Waals surface area contributed by atoms with Crippen molar-refractivity contribution in [2.75, 3.05) is 11.1 Å². The molecule has 1 N–H and O–H groups in total. The Bertz CT molecular complexity index is 1050. The van der Waals surface area contributed by atoms with E-state index in [2.05, 4.69) is 15.5 Å². The van der Waals surface area contributed by atoms with Crippen LogP contribution in [0.15, 0.2) is 41.6 Å². The number of anilines is 1. The van der Waals surface area contributed by atoms with E-state index in [4.69, 9.17) is 27.9 Å². The number of thioether (sulfide) groups is 1. The van der Waals surface area contributed by atoms with Crippen molar-refractivity contribution in [1.82, 2.24) is 14.8 Å². The van der Waals surface area contributed by atoms with Gasteiger partial charge in [0.1, 0.15) is 5.75 Å². The number of halogens is 2. The Hall–Kier alpha value is -2.22. The van der Waals surface area contributed by atoms with Crippen LogP contribution in [0.5, 0.6) is 5.75 Å². The van der Waals surface area contributed by atoms with Crippen molar-refractivity contribution in [2.24, 2.45) is 0 Å². The molecule has 3 rings (SSSR count). The van der Waals surface area contributed by atoms with Crippen molar-refractivity contribution in [3.05, 3.63) is 63.4 Å². The Kier molecular flexibility index (Phi) is 7.86. The molecule has 1 unspecified atom stereocenters. The average Bonchev–Trinajstić information content (AvgIpc) is 3.15. The maximum atomic E-state index is 12.3. The Morgan fingerprint density at radius 1 is 1.16 bits per heavy atom. The molecular formula is C22H24Cl2N4O2S. The largest absolute Gasteiger partial charge is 0.483 e. The fraction of sp³-hybridized carbons (Fsp3) is 0.318. The van der Waals surface area contributed by atoms with E-state index in [0.717, 1.165) is 21.9 Å². The number of hydrogen-bond donors (Lipinski definition) is 1. The lowest BCUT2D eigenvalue weighted by molar-refractivity contribution is -0.113. The van der Waals surface area contributed by atoms with Gasteiger partial charge in [-0.2, -0.15) is 0 Å². The third-order valence-corrected chi connectivity index (χ3v) is 6.42. The summed E-state index contributed by atoms with van der Waals surface area (Å²) in [4.78, 5) is 12.3. The lowest BCUT2D eigenvalue weighted by Crippen LogP contribution is -2.15. The van der Waals surface area contributed by atoms with Crippen LogP contribution in [0.25, 0.3) is 0 Å². The molecule has 31 heavy (non-hydrogen) atoms. The molecule has 0 saturated carbocycles. The zero-order valence-electron chi connectivity index (χ0n) is 17.8. The van der Waals surface area contributed by atoms with Crippen LogP contribution in [0, 0.1) is 13.8 Å². The summed E-state index contributed by atoms with van der Waals surface area (Å²) < 4.78 is 8.06. The predicted molar refractivity (Wildman–Crippen MR) is 126 cm³/mol. The van der Waals surface area contributed by atoms with E-state index in [-0.39, 0.29) is 17.8 Å². The number of carbonyl (C=O) groups excluding carboxylic acids is 1. The molecule has 3 aromatic rings. The quantitative estimate of drug-likeness (QED) is 0.396. The molecule has 0 radical (unpaired) electrons. The van der Waals surface area contributed by atoms with Gasteiger partial charge in [0.2, 0.25) is 5.91 Å². The molecule has 0 aliphatic carbocycles. The van der Waals surface area contributed by atoms with Gasteiger partial charge >= 0.3 is 0 Å². The monoisotopic (exact) mass is 478 g/mol. The summed E-state index contributed by atoms with van der Waals surface area (Å²) in [5, 5.41) is 13.5. The number of hydrogen-bond acceptors (Lipinski definition) is 5. The number of aryl methyl sites for hydroxylation is 2. The van der Waals surface area contributed by atoms with Gasteiger partial charge in [-0.25, -0.2) is 0 Å². The lowest BCUT2D eigenvalue weighted by Gasteiger charge is -2.17. The van der Waals surface area contributed by atoms with E-state index in [0.29, 0.717) is 28.2 Å². The Balaban J connectivity index is 1.65. The van der Waals surface area contributed by atoms with Crippen LogP contribution in [0.2, 0.25) is 10.0 Å². The minimum atomic E-state index is -0.315. The van der Waals surface area contributed by atoms with E-state index < -0.39 is 0 Å². The second-order valence-corrected chi connectivity index (χ2v) is 8.82. The Labute approximate surface area is 196 Å². The van der Waals surface area contributed by atoms with Crippen LogP contribution >= 0.6 is 35.0 Å². The number of rotatable bonds is 8. The highest BCUT2D eigenvalue weighted by atomic mass is 35.5.